The first kappa shape index (κ1) is 26.2. The molecule has 0 aliphatic heterocycles. The van der Waals surface area contributed by atoms with Gasteiger partial charge in [-0.25, -0.2) is 13.8 Å². The van der Waals surface area contributed by atoms with Gasteiger partial charge in [-0.2, -0.15) is 5.10 Å². The molecule has 2 N–H and O–H groups in total. The van der Waals surface area contributed by atoms with E-state index in [9.17, 15) is 18.0 Å². The van der Waals surface area contributed by atoms with Gasteiger partial charge in [0.1, 0.15) is 6.54 Å². The van der Waals surface area contributed by atoms with Crippen molar-refractivity contribution in [2.45, 2.75) is 18.7 Å². The predicted molar refractivity (Wildman–Crippen MR) is 139 cm³/mol. The number of hydrazone groups is 1. The second-order valence-electron chi connectivity index (χ2n) is 7.44. The number of rotatable bonds is 8. The minimum absolute atomic E-state index is 0.00263. The number of halogens is 2. The van der Waals surface area contributed by atoms with E-state index in [1.165, 1.54) is 37.3 Å². The number of nitrogens with zero attached hydrogens (tertiary/aromatic N) is 2. The fourth-order valence-corrected chi connectivity index (χ4v) is 5.03. The number of sulfonamides is 1. The van der Waals surface area contributed by atoms with Crippen molar-refractivity contribution in [1.29, 1.82) is 0 Å². The van der Waals surface area contributed by atoms with Crippen molar-refractivity contribution >= 4 is 62.1 Å². The Hall–Kier alpha value is -3.40. The van der Waals surface area contributed by atoms with Gasteiger partial charge in [0.25, 0.3) is 15.9 Å². The first-order valence-corrected chi connectivity index (χ1v) is 12.5. The third-order valence-electron chi connectivity index (χ3n) is 4.73. The van der Waals surface area contributed by atoms with Gasteiger partial charge < -0.3 is 5.32 Å². The smallest absolute Gasteiger partial charge is 0.264 e. The Balaban J connectivity index is 1.83. The van der Waals surface area contributed by atoms with Gasteiger partial charge in [-0.05, 0) is 55.0 Å². The van der Waals surface area contributed by atoms with E-state index < -0.39 is 22.5 Å². The highest BCUT2D eigenvalue weighted by Gasteiger charge is 2.27. The first-order valence-electron chi connectivity index (χ1n) is 10.3. The Morgan fingerprint density at radius 1 is 0.914 bits per heavy atom. The van der Waals surface area contributed by atoms with E-state index in [2.05, 4.69) is 15.8 Å². The van der Waals surface area contributed by atoms with Crippen LogP contribution in [0.3, 0.4) is 0 Å². The molecule has 0 spiro atoms. The first-order chi connectivity index (χ1) is 16.6. The minimum atomic E-state index is -4.12. The van der Waals surface area contributed by atoms with Gasteiger partial charge in [0.2, 0.25) is 5.91 Å². The Morgan fingerprint density at radius 3 is 2.09 bits per heavy atom. The molecule has 0 unspecified atom stereocenters. The van der Waals surface area contributed by atoms with Crippen LogP contribution in [0.1, 0.15) is 19.4 Å². The molecule has 3 aromatic carbocycles. The summed E-state index contributed by atoms with van der Waals surface area (Å²) in [6, 6.07) is 18.9. The van der Waals surface area contributed by atoms with Crippen molar-refractivity contribution in [3.8, 4) is 0 Å². The number of carbonyl (C=O) groups is 2. The maximum Gasteiger partial charge on any atom is 0.264 e. The molecule has 8 nitrogen and oxygen atoms in total. The molecule has 0 aliphatic carbocycles. The lowest BCUT2D eigenvalue weighted by atomic mass is 10.1. The summed E-state index contributed by atoms with van der Waals surface area (Å²) < 4.78 is 27.6. The summed E-state index contributed by atoms with van der Waals surface area (Å²) in [7, 11) is -4.12. The van der Waals surface area contributed by atoms with Gasteiger partial charge in [0, 0.05) is 22.7 Å². The molecule has 2 amide bonds. The summed E-state index contributed by atoms with van der Waals surface area (Å²) in [6.07, 6.45) is 0. The summed E-state index contributed by atoms with van der Waals surface area (Å²) in [5.41, 5.74) is 4.33. The molecule has 0 aliphatic rings. The molecule has 3 aromatic rings. The maximum atomic E-state index is 13.4. The Bertz CT molecular complexity index is 1340. The number of benzene rings is 3. The van der Waals surface area contributed by atoms with Crippen molar-refractivity contribution in [2.24, 2.45) is 5.10 Å². The second-order valence-corrected chi connectivity index (χ2v) is 10.2. The third kappa shape index (κ3) is 7.05. The molecule has 35 heavy (non-hydrogen) atoms. The highest BCUT2D eigenvalue weighted by molar-refractivity contribution is 7.92. The Kier molecular flexibility index (Phi) is 8.50. The fraction of sp³-hybridized carbons (Fsp3) is 0.125. The van der Waals surface area contributed by atoms with Crippen molar-refractivity contribution in [2.75, 3.05) is 16.2 Å². The lowest BCUT2D eigenvalue weighted by Crippen LogP contribution is -2.39. The fourth-order valence-electron chi connectivity index (χ4n) is 3.09. The number of amides is 2. The number of nitrogens with one attached hydrogen (secondary N) is 2. The molecule has 11 heteroatoms. The summed E-state index contributed by atoms with van der Waals surface area (Å²) in [6.45, 7) is 2.53. The van der Waals surface area contributed by atoms with Gasteiger partial charge in [0.05, 0.1) is 16.3 Å². The molecule has 182 valence electrons. The van der Waals surface area contributed by atoms with Gasteiger partial charge in [-0.15, -0.1) is 0 Å². The lowest BCUT2D eigenvalue weighted by Gasteiger charge is -2.24. The van der Waals surface area contributed by atoms with Crippen molar-refractivity contribution in [3.63, 3.8) is 0 Å². The molecule has 0 aromatic heterocycles. The highest BCUT2D eigenvalue weighted by Crippen LogP contribution is 2.29. The topological polar surface area (TPSA) is 108 Å². The minimum Gasteiger partial charge on any atom is -0.326 e. The van der Waals surface area contributed by atoms with Crippen molar-refractivity contribution in [1.82, 2.24) is 5.43 Å². The van der Waals surface area contributed by atoms with Crippen LogP contribution in [0.5, 0.6) is 0 Å². The van der Waals surface area contributed by atoms with Gasteiger partial charge in [0.15, 0.2) is 0 Å². The van der Waals surface area contributed by atoms with E-state index >= 15 is 0 Å². The van der Waals surface area contributed by atoms with Crippen LogP contribution in [0, 0.1) is 0 Å². The van der Waals surface area contributed by atoms with E-state index in [1.54, 1.807) is 49.4 Å². The average Bonchev–Trinajstić information content (AvgIpc) is 2.81. The summed E-state index contributed by atoms with van der Waals surface area (Å²) >= 11 is 12.2. The molecule has 0 saturated carbocycles. The zero-order chi connectivity index (χ0) is 25.6. The zero-order valence-electron chi connectivity index (χ0n) is 18.8. The predicted octanol–water partition coefficient (Wildman–Crippen LogP) is 4.69. The molecular weight excluding hydrogens is 511 g/mol. The molecule has 0 atom stereocenters. The van der Waals surface area contributed by atoms with E-state index in [-0.39, 0.29) is 26.5 Å². The van der Waals surface area contributed by atoms with Crippen LogP contribution >= 0.6 is 23.2 Å². The summed E-state index contributed by atoms with van der Waals surface area (Å²) in [5, 5.41) is 7.18. The number of hydrogen-bond donors (Lipinski definition) is 2. The van der Waals surface area contributed by atoms with E-state index in [1.807, 2.05) is 0 Å². The van der Waals surface area contributed by atoms with Crippen LogP contribution in [-0.2, 0) is 19.6 Å². The van der Waals surface area contributed by atoms with Crippen LogP contribution < -0.4 is 15.0 Å². The summed E-state index contributed by atoms with van der Waals surface area (Å²) in [4.78, 5) is 23.9. The quantitative estimate of drug-likeness (QED) is 0.324. The molecule has 0 fully saturated rings. The molecular formula is C24H22Cl2N4O4S. The maximum absolute atomic E-state index is 13.4. The lowest BCUT2D eigenvalue weighted by molar-refractivity contribution is -0.119. The van der Waals surface area contributed by atoms with Gasteiger partial charge in [-0.3, -0.25) is 13.9 Å². The molecule has 0 heterocycles. The Labute approximate surface area is 213 Å². The second kappa shape index (κ2) is 11.4. The normalized spacial score (nSPS) is 11.6. The van der Waals surface area contributed by atoms with Gasteiger partial charge >= 0.3 is 0 Å². The van der Waals surface area contributed by atoms with E-state index in [0.29, 0.717) is 17.0 Å². The standard InChI is InChI=1S/C24H22Cl2N4O4S/c1-16(18-8-10-21(11-9-18)27-17(2)31)28-29-24(32)15-30(22-13-19(25)12-20(26)14-22)35(33,34)23-6-4-3-5-7-23/h3-14H,15H2,1-2H3,(H,27,31)(H,29,32)/b28-16-. The van der Waals surface area contributed by atoms with Crippen LogP contribution in [0.15, 0.2) is 82.8 Å². The van der Waals surface area contributed by atoms with Crippen LogP contribution in [0.2, 0.25) is 10.0 Å². The van der Waals surface area contributed by atoms with E-state index in [4.69, 9.17) is 23.2 Å². The largest absolute Gasteiger partial charge is 0.326 e. The van der Waals surface area contributed by atoms with E-state index in [0.717, 1.165) is 4.31 Å². The third-order valence-corrected chi connectivity index (χ3v) is 6.95. The van der Waals surface area contributed by atoms with Crippen LogP contribution in [-0.4, -0.2) is 32.5 Å². The van der Waals surface area contributed by atoms with Crippen LogP contribution in [0.4, 0.5) is 11.4 Å². The van der Waals surface area contributed by atoms with Crippen molar-refractivity contribution in [3.05, 3.63) is 88.4 Å². The SMILES string of the molecule is CC(=O)Nc1ccc(/C(C)=N\NC(=O)CN(c2cc(Cl)cc(Cl)c2)S(=O)(=O)c2ccccc2)cc1. The molecule has 0 radical (unpaired) electrons. The molecule has 0 bridgehead atoms. The zero-order valence-corrected chi connectivity index (χ0v) is 21.2. The van der Waals surface area contributed by atoms with Crippen LogP contribution in [0.25, 0.3) is 0 Å². The van der Waals surface area contributed by atoms with Gasteiger partial charge in [-0.1, -0.05) is 53.5 Å². The summed E-state index contributed by atoms with van der Waals surface area (Å²) in [5.74, 6) is -0.860. The number of anilines is 2. The molecule has 3 rings (SSSR count). The monoisotopic (exact) mass is 532 g/mol. The molecule has 0 saturated heterocycles. The Morgan fingerprint density at radius 2 is 1.51 bits per heavy atom. The van der Waals surface area contributed by atoms with Crippen molar-refractivity contribution < 1.29 is 18.0 Å². The number of hydrogen-bond acceptors (Lipinski definition) is 5. The highest BCUT2D eigenvalue weighted by atomic mass is 35.5. The average molecular weight is 533 g/mol. The number of carbonyl (C=O) groups excluding carboxylic acids is 2.